The van der Waals surface area contributed by atoms with Crippen molar-refractivity contribution in [3.8, 4) is 0 Å². The first kappa shape index (κ1) is 13.5. The molecule has 0 aliphatic heterocycles. The Hall–Kier alpha value is -0.970. The van der Waals surface area contributed by atoms with Crippen molar-refractivity contribution in [1.29, 1.82) is 0 Å². The number of nitrogens with two attached hydrogens (primary N) is 1. The molecule has 1 atom stereocenters. The summed E-state index contributed by atoms with van der Waals surface area (Å²) in [5.74, 6) is 5.52. The zero-order valence-electron chi connectivity index (χ0n) is 11.0. The van der Waals surface area contributed by atoms with Gasteiger partial charge in [-0.2, -0.15) is 0 Å². The van der Waals surface area contributed by atoms with Crippen molar-refractivity contribution in [2.45, 2.75) is 44.2 Å². The van der Waals surface area contributed by atoms with Gasteiger partial charge in [-0.1, -0.05) is 25.0 Å². The van der Waals surface area contributed by atoms with Crippen LogP contribution in [0, 0.1) is 12.7 Å². The number of hydrogen-bond donors (Lipinski definition) is 2. The van der Waals surface area contributed by atoms with E-state index in [1.807, 2.05) is 6.07 Å². The van der Waals surface area contributed by atoms with Gasteiger partial charge in [-0.25, -0.2) is 4.39 Å². The van der Waals surface area contributed by atoms with E-state index in [1.54, 1.807) is 20.1 Å². The highest BCUT2D eigenvalue weighted by atomic mass is 19.1. The van der Waals surface area contributed by atoms with Crippen molar-refractivity contribution in [3.63, 3.8) is 0 Å². The van der Waals surface area contributed by atoms with Gasteiger partial charge < -0.3 is 4.74 Å². The minimum Gasteiger partial charge on any atom is -0.376 e. The van der Waals surface area contributed by atoms with Gasteiger partial charge in [0.05, 0.1) is 11.6 Å². The van der Waals surface area contributed by atoms with Gasteiger partial charge in [0.2, 0.25) is 0 Å². The quantitative estimate of drug-likeness (QED) is 0.639. The molecule has 0 radical (unpaired) electrons. The molecule has 0 spiro atoms. The number of halogens is 1. The Morgan fingerprint density at radius 3 is 2.56 bits per heavy atom. The molecule has 1 fully saturated rings. The zero-order chi connectivity index (χ0) is 13.2. The average Bonchev–Trinajstić information content (AvgIpc) is 2.84. The van der Waals surface area contributed by atoms with E-state index in [4.69, 9.17) is 10.6 Å². The largest absolute Gasteiger partial charge is 0.376 e. The van der Waals surface area contributed by atoms with Crippen LogP contribution in [0.1, 0.15) is 42.9 Å². The summed E-state index contributed by atoms with van der Waals surface area (Å²) in [5.41, 5.74) is 4.21. The molecule has 100 valence electrons. The molecule has 4 heteroatoms. The van der Waals surface area contributed by atoms with Gasteiger partial charge in [-0.3, -0.25) is 11.3 Å². The van der Waals surface area contributed by atoms with Crippen LogP contribution in [0.5, 0.6) is 0 Å². The Labute approximate surface area is 107 Å². The van der Waals surface area contributed by atoms with Crippen molar-refractivity contribution >= 4 is 0 Å². The molecule has 1 aliphatic rings. The second kappa shape index (κ2) is 5.34. The molecular formula is C14H21FN2O. The van der Waals surface area contributed by atoms with Gasteiger partial charge in [0.25, 0.3) is 0 Å². The van der Waals surface area contributed by atoms with Crippen molar-refractivity contribution in [2.75, 3.05) is 7.11 Å². The topological polar surface area (TPSA) is 47.3 Å². The lowest BCUT2D eigenvalue weighted by Gasteiger charge is -2.36. The fraction of sp³-hybridized carbons (Fsp3) is 0.571. The second-order valence-electron chi connectivity index (χ2n) is 5.08. The van der Waals surface area contributed by atoms with Gasteiger partial charge in [-0.05, 0) is 37.0 Å². The summed E-state index contributed by atoms with van der Waals surface area (Å²) in [7, 11) is 1.73. The number of hydrazine groups is 1. The number of methoxy groups -OCH3 is 1. The minimum atomic E-state index is -0.265. The molecule has 1 unspecified atom stereocenters. The third kappa shape index (κ3) is 2.28. The number of rotatable bonds is 4. The Morgan fingerprint density at radius 2 is 2.06 bits per heavy atom. The van der Waals surface area contributed by atoms with Crippen LogP contribution in [0.3, 0.4) is 0 Å². The Balaban J connectivity index is 2.34. The summed E-state index contributed by atoms with van der Waals surface area (Å²) in [5, 5.41) is 0. The van der Waals surface area contributed by atoms with Crippen LogP contribution in [-0.4, -0.2) is 12.7 Å². The number of ether oxygens (including phenoxy) is 1. The standard InChI is InChI=1S/C14H21FN2O/c1-10-9-11(5-6-12(10)15)13(17-16)14(18-2)7-3-4-8-14/h5-6,9,13,17H,3-4,7-8,16H2,1-2H3. The number of aryl methyl sites for hydroxylation is 1. The van der Waals surface area contributed by atoms with Gasteiger partial charge in [-0.15, -0.1) is 0 Å². The van der Waals surface area contributed by atoms with Crippen molar-refractivity contribution in [2.24, 2.45) is 5.84 Å². The highest BCUT2D eigenvalue weighted by Crippen LogP contribution is 2.42. The van der Waals surface area contributed by atoms with Crippen LogP contribution >= 0.6 is 0 Å². The molecule has 0 amide bonds. The van der Waals surface area contributed by atoms with Crippen molar-refractivity contribution in [3.05, 3.63) is 35.1 Å². The fourth-order valence-electron chi connectivity index (χ4n) is 2.98. The number of hydrogen-bond acceptors (Lipinski definition) is 3. The lowest BCUT2D eigenvalue weighted by Crippen LogP contribution is -2.46. The van der Waals surface area contributed by atoms with Crippen molar-refractivity contribution < 1.29 is 9.13 Å². The first-order valence-corrected chi connectivity index (χ1v) is 6.40. The molecule has 1 aromatic rings. The Bertz CT molecular complexity index is 416. The molecule has 1 aliphatic carbocycles. The van der Waals surface area contributed by atoms with E-state index in [0.717, 1.165) is 31.2 Å². The Morgan fingerprint density at radius 1 is 1.39 bits per heavy atom. The lowest BCUT2D eigenvalue weighted by molar-refractivity contribution is -0.0369. The first-order valence-electron chi connectivity index (χ1n) is 6.40. The SMILES string of the molecule is COC1(C(NN)c2ccc(F)c(C)c2)CCCC1. The van der Waals surface area contributed by atoms with Crippen LogP contribution < -0.4 is 11.3 Å². The lowest BCUT2D eigenvalue weighted by atomic mass is 9.86. The molecule has 3 nitrogen and oxygen atoms in total. The fourth-order valence-corrected chi connectivity index (χ4v) is 2.98. The monoisotopic (exact) mass is 252 g/mol. The summed E-state index contributed by atoms with van der Waals surface area (Å²) in [6, 6.07) is 5.03. The summed E-state index contributed by atoms with van der Waals surface area (Å²) in [4.78, 5) is 0. The molecule has 1 saturated carbocycles. The van der Waals surface area contributed by atoms with E-state index >= 15 is 0 Å². The van der Waals surface area contributed by atoms with Gasteiger partial charge >= 0.3 is 0 Å². The highest BCUT2D eigenvalue weighted by Gasteiger charge is 2.42. The van der Waals surface area contributed by atoms with Crippen LogP contribution in [0.25, 0.3) is 0 Å². The van der Waals surface area contributed by atoms with Gasteiger partial charge in [0.15, 0.2) is 0 Å². The Kier molecular flexibility index (Phi) is 4.00. The maximum Gasteiger partial charge on any atom is 0.126 e. The predicted octanol–water partition coefficient (Wildman–Crippen LogP) is 2.60. The maximum absolute atomic E-state index is 13.3. The minimum absolute atomic E-state index is 0.0932. The molecule has 0 saturated heterocycles. The third-order valence-electron chi connectivity index (χ3n) is 4.06. The molecule has 2 rings (SSSR count). The number of nitrogens with one attached hydrogen (secondary N) is 1. The van der Waals surface area contributed by atoms with Gasteiger partial charge in [0, 0.05) is 7.11 Å². The smallest absolute Gasteiger partial charge is 0.126 e. The summed E-state index contributed by atoms with van der Waals surface area (Å²) < 4.78 is 19.1. The van der Waals surface area contributed by atoms with E-state index in [9.17, 15) is 4.39 Å². The molecule has 1 aromatic carbocycles. The zero-order valence-corrected chi connectivity index (χ0v) is 11.0. The first-order chi connectivity index (χ1) is 8.63. The molecular weight excluding hydrogens is 231 g/mol. The number of benzene rings is 1. The van der Waals surface area contributed by atoms with Crippen LogP contribution in [0.4, 0.5) is 4.39 Å². The van der Waals surface area contributed by atoms with Gasteiger partial charge in [0.1, 0.15) is 5.82 Å². The van der Waals surface area contributed by atoms with E-state index in [-0.39, 0.29) is 17.5 Å². The predicted molar refractivity (Wildman–Crippen MR) is 69.4 cm³/mol. The maximum atomic E-state index is 13.3. The molecule has 18 heavy (non-hydrogen) atoms. The van der Waals surface area contributed by atoms with E-state index in [0.29, 0.717) is 5.56 Å². The van der Waals surface area contributed by atoms with Crippen LogP contribution in [0.2, 0.25) is 0 Å². The van der Waals surface area contributed by atoms with E-state index < -0.39 is 0 Å². The van der Waals surface area contributed by atoms with Crippen LogP contribution in [0.15, 0.2) is 18.2 Å². The normalized spacial score (nSPS) is 20.0. The van der Waals surface area contributed by atoms with E-state index in [1.165, 1.54) is 6.07 Å². The van der Waals surface area contributed by atoms with Crippen molar-refractivity contribution in [1.82, 2.24) is 5.43 Å². The highest BCUT2D eigenvalue weighted by molar-refractivity contribution is 5.29. The van der Waals surface area contributed by atoms with E-state index in [2.05, 4.69) is 5.43 Å². The molecule has 0 heterocycles. The summed E-state index contributed by atoms with van der Waals surface area (Å²) in [6.45, 7) is 1.76. The van der Waals surface area contributed by atoms with Crippen LogP contribution in [-0.2, 0) is 4.74 Å². The third-order valence-corrected chi connectivity index (χ3v) is 4.06. The molecule has 3 N–H and O–H groups in total. The molecule has 0 aromatic heterocycles. The summed E-state index contributed by atoms with van der Waals surface area (Å²) in [6.07, 6.45) is 4.25. The summed E-state index contributed by atoms with van der Waals surface area (Å²) >= 11 is 0. The average molecular weight is 252 g/mol. The second-order valence-corrected chi connectivity index (χ2v) is 5.08. The molecule has 0 bridgehead atoms.